The molecule has 0 fully saturated rings. The number of halogens is 1. The Bertz CT molecular complexity index is 957. The van der Waals surface area contributed by atoms with Gasteiger partial charge in [-0.2, -0.15) is 0 Å². The van der Waals surface area contributed by atoms with Crippen LogP contribution >= 0.6 is 0 Å². The molecule has 1 aromatic carbocycles. The van der Waals surface area contributed by atoms with Crippen LogP contribution in [-0.2, 0) is 14.9 Å². The lowest BCUT2D eigenvalue weighted by Gasteiger charge is -2.23. The molecule has 0 bridgehead atoms. The van der Waals surface area contributed by atoms with Gasteiger partial charge < -0.3 is 9.47 Å². The highest BCUT2D eigenvalue weighted by Gasteiger charge is 2.35. The Labute approximate surface area is 150 Å². The first-order chi connectivity index (χ1) is 12.4. The predicted molar refractivity (Wildman–Crippen MR) is 95.7 cm³/mol. The maximum absolute atomic E-state index is 13.8. The zero-order chi connectivity index (χ0) is 18.7. The molecule has 0 atom stereocenters. The van der Waals surface area contributed by atoms with Crippen LogP contribution in [0, 0.1) is 5.82 Å². The first kappa shape index (κ1) is 17.8. The molecule has 0 saturated carbocycles. The van der Waals surface area contributed by atoms with Gasteiger partial charge in [0.2, 0.25) is 0 Å². The van der Waals surface area contributed by atoms with Crippen molar-refractivity contribution in [1.29, 1.82) is 0 Å². The molecular weight excluding hydrogens is 335 g/mol. The number of aromatic nitrogens is 2. The SMILES string of the molecule is CCOC(=O)C(C)(C)c1ncccc1Oc1cnc2c(F)cccc2c1. The van der Waals surface area contributed by atoms with Gasteiger partial charge in [-0.15, -0.1) is 0 Å². The smallest absolute Gasteiger partial charge is 0.317 e. The van der Waals surface area contributed by atoms with Crippen molar-refractivity contribution in [3.63, 3.8) is 0 Å². The number of rotatable bonds is 5. The second-order valence-electron chi connectivity index (χ2n) is 6.28. The standard InChI is InChI=1S/C20H19FN2O3/c1-4-25-19(24)20(2,3)18-16(9-6-10-22-18)26-14-11-13-7-5-8-15(21)17(13)23-12-14/h5-12H,4H2,1-3H3. The summed E-state index contributed by atoms with van der Waals surface area (Å²) in [6.07, 6.45) is 3.04. The number of fused-ring (bicyclic) bond motifs is 1. The molecule has 5 nitrogen and oxygen atoms in total. The second kappa shape index (κ2) is 7.07. The van der Waals surface area contributed by atoms with Crippen molar-refractivity contribution < 1.29 is 18.7 Å². The van der Waals surface area contributed by atoms with Crippen LogP contribution in [0.25, 0.3) is 10.9 Å². The summed E-state index contributed by atoms with van der Waals surface area (Å²) in [5, 5.41) is 0.623. The summed E-state index contributed by atoms with van der Waals surface area (Å²) in [4.78, 5) is 20.8. The summed E-state index contributed by atoms with van der Waals surface area (Å²) in [5.41, 5.74) is -0.251. The van der Waals surface area contributed by atoms with Gasteiger partial charge in [0.25, 0.3) is 0 Å². The normalized spacial score (nSPS) is 11.4. The van der Waals surface area contributed by atoms with Gasteiger partial charge in [0.1, 0.15) is 28.2 Å². The minimum absolute atomic E-state index is 0.276. The van der Waals surface area contributed by atoms with E-state index in [1.807, 2.05) is 0 Å². The summed E-state index contributed by atoms with van der Waals surface area (Å²) < 4.78 is 24.8. The Morgan fingerprint density at radius 3 is 2.77 bits per heavy atom. The largest absolute Gasteiger partial charge is 0.465 e. The molecule has 2 aromatic heterocycles. The van der Waals surface area contributed by atoms with Gasteiger partial charge in [-0.05, 0) is 45.0 Å². The van der Waals surface area contributed by atoms with Crippen molar-refractivity contribution in [3.8, 4) is 11.5 Å². The average molecular weight is 354 g/mol. The van der Waals surface area contributed by atoms with Crippen LogP contribution < -0.4 is 4.74 Å². The number of hydrogen-bond donors (Lipinski definition) is 0. The molecule has 0 radical (unpaired) electrons. The molecule has 0 aliphatic rings. The summed E-state index contributed by atoms with van der Waals surface area (Å²) in [6.45, 7) is 5.50. The Morgan fingerprint density at radius 2 is 2.00 bits per heavy atom. The summed E-state index contributed by atoms with van der Waals surface area (Å²) >= 11 is 0. The first-order valence-electron chi connectivity index (χ1n) is 8.28. The van der Waals surface area contributed by atoms with E-state index >= 15 is 0 Å². The molecule has 0 saturated heterocycles. The van der Waals surface area contributed by atoms with Gasteiger partial charge in [0.05, 0.1) is 18.5 Å². The Morgan fingerprint density at radius 1 is 1.19 bits per heavy atom. The third-order valence-electron chi connectivity index (χ3n) is 4.01. The first-order valence-corrected chi connectivity index (χ1v) is 8.28. The zero-order valence-electron chi connectivity index (χ0n) is 14.8. The Kier molecular flexibility index (Phi) is 4.84. The van der Waals surface area contributed by atoms with Crippen molar-refractivity contribution in [2.24, 2.45) is 0 Å². The Balaban J connectivity index is 1.97. The Hall–Kier alpha value is -3.02. The van der Waals surface area contributed by atoms with Crippen LogP contribution in [0.15, 0.2) is 48.8 Å². The predicted octanol–water partition coefficient (Wildman–Crippen LogP) is 4.40. The van der Waals surface area contributed by atoms with Gasteiger partial charge in [-0.1, -0.05) is 12.1 Å². The molecule has 0 aliphatic heterocycles. The fraction of sp³-hybridized carbons (Fsp3) is 0.250. The molecule has 3 rings (SSSR count). The van der Waals surface area contributed by atoms with E-state index < -0.39 is 5.41 Å². The highest BCUT2D eigenvalue weighted by molar-refractivity contribution is 5.83. The molecule has 0 spiro atoms. The highest BCUT2D eigenvalue weighted by atomic mass is 19.1. The minimum Gasteiger partial charge on any atom is -0.465 e. The fourth-order valence-corrected chi connectivity index (χ4v) is 2.64. The monoisotopic (exact) mass is 354 g/mol. The number of nitrogens with zero attached hydrogens (tertiary/aromatic N) is 2. The van der Waals surface area contributed by atoms with E-state index in [4.69, 9.17) is 9.47 Å². The van der Waals surface area contributed by atoms with Crippen molar-refractivity contribution in [3.05, 3.63) is 60.3 Å². The lowest BCUT2D eigenvalue weighted by Crippen LogP contribution is -2.32. The molecule has 0 amide bonds. The topological polar surface area (TPSA) is 61.3 Å². The van der Waals surface area contributed by atoms with E-state index in [1.165, 1.54) is 12.3 Å². The summed E-state index contributed by atoms with van der Waals surface area (Å²) in [5.74, 6) is 0.0712. The van der Waals surface area contributed by atoms with Crippen LogP contribution in [0.2, 0.25) is 0 Å². The fourth-order valence-electron chi connectivity index (χ4n) is 2.64. The molecule has 3 aromatic rings. The second-order valence-corrected chi connectivity index (χ2v) is 6.28. The number of para-hydroxylation sites is 1. The van der Waals surface area contributed by atoms with Crippen molar-refractivity contribution in [2.75, 3.05) is 6.61 Å². The van der Waals surface area contributed by atoms with Gasteiger partial charge in [0.15, 0.2) is 0 Å². The molecule has 0 aliphatic carbocycles. The van der Waals surface area contributed by atoms with Crippen LogP contribution in [0.4, 0.5) is 4.39 Å². The third kappa shape index (κ3) is 3.35. The quantitative estimate of drug-likeness (QED) is 0.636. The molecule has 6 heteroatoms. The van der Waals surface area contributed by atoms with Crippen LogP contribution in [0.5, 0.6) is 11.5 Å². The molecule has 0 N–H and O–H groups in total. The molecule has 0 unspecified atom stereocenters. The number of carbonyl (C=O) groups excluding carboxylic acids is 1. The number of pyridine rings is 2. The van der Waals surface area contributed by atoms with E-state index in [0.717, 1.165) is 0 Å². The van der Waals surface area contributed by atoms with Gasteiger partial charge in [-0.25, -0.2) is 9.37 Å². The molecule has 134 valence electrons. The van der Waals surface area contributed by atoms with Gasteiger partial charge >= 0.3 is 5.97 Å². The highest BCUT2D eigenvalue weighted by Crippen LogP contribution is 2.34. The summed E-state index contributed by atoms with van der Waals surface area (Å²) in [6, 6.07) is 9.86. The third-order valence-corrected chi connectivity index (χ3v) is 4.01. The van der Waals surface area contributed by atoms with Crippen LogP contribution in [-0.4, -0.2) is 22.5 Å². The van der Waals surface area contributed by atoms with Crippen molar-refractivity contribution in [2.45, 2.75) is 26.2 Å². The lowest BCUT2D eigenvalue weighted by molar-refractivity contribution is -0.149. The van der Waals surface area contributed by atoms with E-state index in [0.29, 0.717) is 22.6 Å². The zero-order valence-corrected chi connectivity index (χ0v) is 14.8. The number of esters is 1. The molecule has 2 heterocycles. The number of benzene rings is 1. The number of carbonyl (C=O) groups is 1. The van der Waals surface area contributed by atoms with Gasteiger partial charge in [0, 0.05) is 11.6 Å². The lowest BCUT2D eigenvalue weighted by atomic mass is 9.88. The summed E-state index contributed by atoms with van der Waals surface area (Å²) in [7, 11) is 0. The molecule has 26 heavy (non-hydrogen) atoms. The van der Waals surface area contributed by atoms with E-state index in [1.54, 1.807) is 57.3 Å². The van der Waals surface area contributed by atoms with E-state index in [2.05, 4.69) is 9.97 Å². The maximum atomic E-state index is 13.8. The van der Waals surface area contributed by atoms with Crippen molar-refractivity contribution in [1.82, 2.24) is 9.97 Å². The van der Waals surface area contributed by atoms with Crippen LogP contribution in [0.1, 0.15) is 26.5 Å². The number of hydrogen-bond acceptors (Lipinski definition) is 5. The minimum atomic E-state index is -0.983. The van der Waals surface area contributed by atoms with Gasteiger partial charge in [-0.3, -0.25) is 9.78 Å². The molecular formula is C20H19FN2O3. The maximum Gasteiger partial charge on any atom is 0.317 e. The van der Waals surface area contributed by atoms with E-state index in [9.17, 15) is 9.18 Å². The average Bonchev–Trinajstić information content (AvgIpc) is 2.62. The van der Waals surface area contributed by atoms with Crippen LogP contribution in [0.3, 0.4) is 0 Å². The van der Waals surface area contributed by atoms with E-state index in [-0.39, 0.29) is 23.9 Å². The van der Waals surface area contributed by atoms with Crippen molar-refractivity contribution >= 4 is 16.9 Å². The number of ether oxygens (including phenoxy) is 2.